The molecule has 15 heavy (non-hydrogen) atoms. The maximum absolute atomic E-state index is 5.67. The molecule has 2 rings (SSSR count). The fourth-order valence-corrected chi connectivity index (χ4v) is 1.46. The van der Waals surface area contributed by atoms with Gasteiger partial charge >= 0.3 is 0 Å². The monoisotopic (exact) mass is 202 g/mol. The molecule has 1 aromatic carbocycles. The molecule has 4 N–H and O–H groups in total. The number of nitrogen functional groups attached to an aromatic ring is 1. The third-order valence-corrected chi connectivity index (χ3v) is 2.25. The van der Waals surface area contributed by atoms with Crippen molar-refractivity contribution in [1.29, 1.82) is 0 Å². The molecule has 1 aromatic heterocycles. The third-order valence-electron chi connectivity index (χ3n) is 2.25. The second-order valence-electron chi connectivity index (χ2n) is 3.46. The molecule has 0 atom stereocenters. The molecule has 78 valence electrons. The van der Waals surface area contributed by atoms with Gasteiger partial charge in [-0.25, -0.2) is 4.98 Å². The van der Waals surface area contributed by atoms with Gasteiger partial charge in [-0.15, -0.1) is 0 Å². The molecule has 2 aromatic rings. The normalized spacial score (nSPS) is 10.2. The molecule has 0 saturated carbocycles. The van der Waals surface area contributed by atoms with Gasteiger partial charge < -0.3 is 16.0 Å². The van der Waals surface area contributed by atoms with Crippen molar-refractivity contribution in [2.75, 3.05) is 11.1 Å². The number of aromatic nitrogens is 2. The maximum Gasteiger partial charge on any atom is 0.125 e. The molecule has 0 aliphatic rings. The minimum atomic E-state index is 0.692. The summed E-state index contributed by atoms with van der Waals surface area (Å²) in [6.45, 7) is 2.72. The van der Waals surface area contributed by atoms with Crippen molar-refractivity contribution in [2.45, 2.75) is 13.5 Å². The zero-order valence-electron chi connectivity index (χ0n) is 8.62. The smallest absolute Gasteiger partial charge is 0.125 e. The van der Waals surface area contributed by atoms with Gasteiger partial charge in [0.15, 0.2) is 0 Å². The van der Waals surface area contributed by atoms with E-state index in [1.54, 1.807) is 6.20 Å². The van der Waals surface area contributed by atoms with Crippen molar-refractivity contribution >= 4 is 11.4 Å². The summed E-state index contributed by atoms with van der Waals surface area (Å²) in [5, 5.41) is 3.29. The number of nitrogens with two attached hydrogens (primary N) is 1. The van der Waals surface area contributed by atoms with Crippen LogP contribution < -0.4 is 11.1 Å². The first-order chi connectivity index (χ1) is 7.25. The summed E-state index contributed by atoms with van der Waals surface area (Å²) in [5.41, 5.74) is 8.68. The first kappa shape index (κ1) is 9.58. The molecular formula is C11H14N4. The zero-order valence-corrected chi connectivity index (χ0v) is 8.62. The number of hydrogen-bond acceptors (Lipinski definition) is 3. The van der Waals surface area contributed by atoms with Gasteiger partial charge in [-0.2, -0.15) is 0 Å². The molecule has 4 nitrogen and oxygen atoms in total. The quantitative estimate of drug-likeness (QED) is 0.666. The topological polar surface area (TPSA) is 66.7 Å². The lowest BCUT2D eigenvalue weighted by Gasteiger charge is -2.08. The summed E-state index contributed by atoms with van der Waals surface area (Å²) in [7, 11) is 0. The van der Waals surface area contributed by atoms with Crippen LogP contribution in [0.2, 0.25) is 0 Å². The molecule has 0 fully saturated rings. The molecule has 0 aliphatic carbocycles. The number of nitrogens with zero attached hydrogens (tertiary/aromatic N) is 1. The van der Waals surface area contributed by atoms with Crippen LogP contribution in [0.3, 0.4) is 0 Å². The Balaban J connectivity index is 2.05. The van der Waals surface area contributed by atoms with Crippen LogP contribution in [-0.4, -0.2) is 9.97 Å². The maximum atomic E-state index is 5.67. The van der Waals surface area contributed by atoms with Crippen molar-refractivity contribution in [3.8, 4) is 0 Å². The van der Waals surface area contributed by atoms with Crippen LogP contribution in [0.4, 0.5) is 11.4 Å². The van der Waals surface area contributed by atoms with Crippen LogP contribution in [0.5, 0.6) is 0 Å². The van der Waals surface area contributed by atoms with E-state index in [9.17, 15) is 0 Å². The molecule has 0 bridgehead atoms. The molecule has 0 radical (unpaired) electrons. The fourth-order valence-electron chi connectivity index (χ4n) is 1.46. The van der Waals surface area contributed by atoms with E-state index in [2.05, 4.69) is 15.3 Å². The van der Waals surface area contributed by atoms with Gasteiger partial charge in [0.05, 0.1) is 6.54 Å². The largest absolute Gasteiger partial charge is 0.399 e. The minimum absolute atomic E-state index is 0.692. The van der Waals surface area contributed by atoms with E-state index in [1.165, 1.54) is 0 Å². The van der Waals surface area contributed by atoms with Gasteiger partial charge in [-0.05, 0) is 30.7 Å². The van der Waals surface area contributed by atoms with Crippen molar-refractivity contribution < 1.29 is 0 Å². The molecule has 4 heteroatoms. The Labute approximate surface area is 88.5 Å². The van der Waals surface area contributed by atoms with Crippen LogP contribution >= 0.6 is 0 Å². The van der Waals surface area contributed by atoms with E-state index in [4.69, 9.17) is 5.73 Å². The Bertz CT molecular complexity index is 434. The summed E-state index contributed by atoms with van der Waals surface area (Å²) in [5.74, 6) is 0.922. The number of aryl methyl sites for hydroxylation is 1. The van der Waals surface area contributed by atoms with Gasteiger partial charge in [0.2, 0.25) is 0 Å². The first-order valence-electron chi connectivity index (χ1n) is 4.84. The minimum Gasteiger partial charge on any atom is -0.399 e. The molecule has 0 saturated heterocycles. The summed E-state index contributed by atoms with van der Waals surface area (Å²) in [6.07, 6.45) is 3.56. The van der Waals surface area contributed by atoms with E-state index >= 15 is 0 Å². The van der Waals surface area contributed by atoms with Gasteiger partial charge in [0, 0.05) is 23.8 Å². The summed E-state index contributed by atoms with van der Waals surface area (Å²) in [4.78, 5) is 7.18. The SMILES string of the molecule is Cc1cc(N)ccc1NCc1ncc[nH]1. The highest BCUT2D eigenvalue weighted by Crippen LogP contribution is 2.17. The van der Waals surface area contributed by atoms with Gasteiger partial charge in [0.25, 0.3) is 0 Å². The van der Waals surface area contributed by atoms with Gasteiger partial charge in [-0.3, -0.25) is 0 Å². The fraction of sp³-hybridized carbons (Fsp3) is 0.182. The standard InChI is InChI=1S/C11H14N4/c1-8-6-9(12)2-3-10(8)15-7-11-13-4-5-14-11/h2-6,15H,7,12H2,1H3,(H,13,14). The average Bonchev–Trinajstić information content (AvgIpc) is 2.69. The Morgan fingerprint density at radius 1 is 1.47 bits per heavy atom. The van der Waals surface area contributed by atoms with Crippen molar-refractivity contribution in [2.24, 2.45) is 0 Å². The predicted octanol–water partition coefficient (Wildman–Crippen LogP) is 1.91. The van der Waals surface area contributed by atoms with E-state index in [-0.39, 0.29) is 0 Å². The Hall–Kier alpha value is -1.97. The van der Waals surface area contributed by atoms with Crippen molar-refractivity contribution in [1.82, 2.24) is 9.97 Å². The lowest BCUT2D eigenvalue weighted by Crippen LogP contribution is -2.02. The van der Waals surface area contributed by atoms with Crippen LogP contribution in [0.1, 0.15) is 11.4 Å². The molecule has 0 spiro atoms. The second-order valence-corrected chi connectivity index (χ2v) is 3.46. The van der Waals surface area contributed by atoms with Crippen molar-refractivity contribution in [3.05, 3.63) is 42.0 Å². The highest BCUT2D eigenvalue weighted by Gasteiger charge is 1.99. The van der Waals surface area contributed by atoms with E-state index in [1.807, 2.05) is 31.3 Å². The van der Waals surface area contributed by atoms with Crippen LogP contribution in [-0.2, 0) is 6.54 Å². The number of rotatable bonds is 3. The van der Waals surface area contributed by atoms with Crippen LogP contribution in [0.15, 0.2) is 30.6 Å². The Morgan fingerprint density at radius 2 is 2.33 bits per heavy atom. The van der Waals surface area contributed by atoms with Gasteiger partial charge in [0.1, 0.15) is 5.82 Å². The molecule has 0 unspecified atom stereocenters. The first-order valence-corrected chi connectivity index (χ1v) is 4.84. The molecule has 1 heterocycles. The Morgan fingerprint density at radius 3 is 3.00 bits per heavy atom. The molecule has 0 aliphatic heterocycles. The number of anilines is 2. The van der Waals surface area contributed by atoms with Crippen molar-refractivity contribution in [3.63, 3.8) is 0 Å². The van der Waals surface area contributed by atoms with E-state index in [0.29, 0.717) is 6.54 Å². The summed E-state index contributed by atoms with van der Waals surface area (Å²) < 4.78 is 0. The Kier molecular flexibility index (Phi) is 2.58. The lowest BCUT2D eigenvalue weighted by atomic mass is 10.2. The average molecular weight is 202 g/mol. The number of hydrogen-bond donors (Lipinski definition) is 3. The van der Waals surface area contributed by atoms with Crippen LogP contribution in [0.25, 0.3) is 0 Å². The number of imidazole rings is 1. The lowest BCUT2D eigenvalue weighted by molar-refractivity contribution is 0.998. The molecule has 0 amide bonds. The third kappa shape index (κ3) is 2.28. The van der Waals surface area contributed by atoms with E-state index < -0.39 is 0 Å². The zero-order chi connectivity index (χ0) is 10.7. The summed E-state index contributed by atoms with van der Waals surface area (Å²) in [6, 6.07) is 5.82. The second kappa shape index (κ2) is 4.04. The summed E-state index contributed by atoms with van der Waals surface area (Å²) >= 11 is 0. The number of aromatic amines is 1. The number of benzene rings is 1. The van der Waals surface area contributed by atoms with Crippen LogP contribution in [0, 0.1) is 6.92 Å². The highest BCUT2D eigenvalue weighted by molar-refractivity contribution is 5.57. The highest BCUT2D eigenvalue weighted by atomic mass is 15.0. The number of H-pyrrole nitrogens is 1. The predicted molar refractivity (Wildman–Crippen MR) is 61.5 cm³/mol. The van der Waals surface area contributed by atoms with E-state index in [0.717, 1.165) is 22.8 Å². The molecular weight excluding hydrogens is 188 g/mol. The van der Waals surface area contributed by atoms with Gasteiger partial charge in [-0.1, -0.05) is 0 Å². The number of nitrogens with one attached hydrogen (secondary N) is 2.